The maximum atomic E-state index is 12.8. The lowest BCUT2D eigenvalue weighted by molar-refractivity contribution is 0.604. The van der Waals surface area contributed by atoms with E-state index in [0.29, 0.717) is 0 Å². The molecule has 1 heterocycles. The third-order valence-electron chi connectivity index (χ3n) is 1.91. The van der Waals surface area contributed by atoms with Crippen molar-refractivity contribution in [2.75, 3.05) is 0 Å². The highest BCUT2D eigenvalue weighted by atomic mass is 19.1. The summed E-state index contributed by atoms with van der Waals surface area (Å²) < 4.78 is 12.8. The summed E-state index contributed by atoms with van der Waals surface area (Å²) in [6.45, 7) is 1.79. The Labute approximate surface area is 83.3 Å². The topological polar surface area (TPSA) is 38.9 Å². The minimum Gasteiger partial charge on any atom is -0.324 e. The van der Waals surface area contributed by atoms with Crippen LogP contribution in [0.2, 0.25) is 0 Å². The normalized spacial score (nSPS) is 11.6. The molecule has 0 aliphatic carbocycles. The second-order valence-corrected chi connectivity index (χ2v) is 3.01. The summed E-state index contributed by atoms with van der Waals surface area (Å²) in [5, 5.41) is 0. The summed E-state index contributed by atoms with van der Waals surface area (Å²) in [6, 6.07) is 1.23. The molecule has 0 aliphatic heterocycles. The monoisotopic (exact) mass is 192 g/mol. The third-order valence-corrected chi connectivity index (χ3v) is 1.91. The van der Waals surface area contributed by atoms with Gasteiger partial charge in [0.2, 0.25) is 0 Å². The summed E-state index contributed by atoms with van der Waals surface area (Å²) >= 11 is 0. The standard InChI is InChI=1S/C11H13FN2/c1-2-3-4-5-11(13)9-6-10(12)8-14-7-9/h6-8,11H,4-5,13H2,1H3. The minimum atomic E-state index is -0.348. The van der Waals surface area contributed by atoms with Crippen molar-refractivity contribution >= 4 is 0 Å². The second-order valence-electron chi connectivity index (χ2n) is 3.01. The second kappa shape index (κ2) is 5.36. The summed E-state index contributed by atoms with van der Waals surface area (Å²) in [7, 11) is 0. The van der Waals surface area contributed by atoms with Crippen LogP contribution in [0.15, 0.2) is 18.5 Å². The first-order valence-electron chi connectivity index (χ1n) is 4.49. The number of hydrogen-bond donors (Lipinski definition) is 1. The van der Waals surface area contributed by atoms with Crippen molar-refractivity contribution < 1.29 is 4.39 Å². The molecule has 0 saturated carbocycles. The fourth-order valence-electron chi connectivity index (χ4n) is 1.15. The van der Waals surface area contributed by atoms with E-state index in [0.717, 1.165) is 18.4 Å². The average Bonchev–Trinajstić information content (AvgIpc) is 2.18. The van der Waals surface area contributed by atoms with Gasteiger partial charge in [-0.15, -0.1) is 11.8 Å². The van der Waals surface area contributed by atoms with Crippen molar-refractivity contribution in [1.82, 2.24) is 4.98 Å². The number of rotatable bonds is 3. The maximum Gasteiger partial charge on any atom is 0.141 e. The Morgan fingerprint density at radius 1 is 1.57 bits per heavy atom. The molecule has 0 aliphatic rings. The molecule has 14 heavy (non-hydrogen) atoms. The van der Waals surface area contributed by atoms with Crippen LogP contribution in [0.3, 0.4) is 0 Å². The van der Waals surface area contributed by atoms with Gasteiger partial charge in [0.1, 0.15) is 5.82 Å². The lowest BCUT2D eigenvalue weighted by Gasteiger charge is -2.08. The SMILES string of the molecule is CC#CCCC(N)c1cncc(F)c1. The Kier molecular flexibility index (Phi) is 4.09. The Morgan fingerprint density at radius 2 is 2.36 bits per heavy atom. The van der Waals surface area contributed by atoms with Crippen LogP contribution in [0, 0.1) is 17.7 Å². The molecule has 0 radical (unpaired) electrons. The maximum absolute atomic E-state index is 12.8. The highest BCUT2D eigenvalue weighted by molar-refractivity contribution is 5.14. The van der Waals surface area contributed by atoms with Crippen molar-refractivity contribution in [2.45, 2.75) is 25.8 Å². The van der Waals surface area contributed by atoms with Gasteiger partial charge in [-0.3, -0.25) is 4.98 Å². The zero-order chi connectivity index (χ0) is 10.4. The van der Waals surface area contributed by atoms with Gasteiger partial charge in [-0.1, -0.05) is 0 Å². The van der Waals surface area contributed by atoms with Crippen LogP contribution in [-0.4, -0.2) is 4.98 Å². The van der Waals surface area contributed by atoms with E-state index in [1.165, 1.54) is 12.3 Å². The molecule has 2 N–H and O–H groups in total. The molecule has 0 bridgehead atoms. The van der Waals surface area contributed by atoms with Crippen molar-refractivity contribution in [3.63, 3.8) is 0 Å². The van der Waals surface area contributed by atoms with E-state index < -0.39 is 0 Å². The zero-order valence-electron chi connectivity index (χ0n) is 8.13. The number of hydrogen-bond acceptors (Lipinski definition) is 2. The van der Waals surface area contributed by atoms with Crippen molar-refractivity contribution in [1.29, 1.82) is 0 Å². The molecule has 1 atom stereocenters. The first-order chi connectivity index (χ1) is 6.74. The van der Waals surface area contributed by atoms with Crippen molar-refractivity contribution in [3.8, 4) is 11.8 Å². The molecule has 0 spiro atoms. The van der Waals surface area contributed by atoms with Gasteiger partial charge in [0.15, 0.2) is 0 Å². The molecule has 2 nitrogen and oxygen atoms in total. The lowest BCUT2D eigenvalue weighted by atomic mass is 10.1. The van der Waals surface area contributed by atoms with Crippen molar-refractivity contribution in [2.24, 2.45) is 5.73 Å². The van der Waals surface area contributed by atoms with E-state index in [2.05, 4.69) is 16.8 Å². The molecule has 3 heteroatoms. The highest BCUT2D eigenvalue weighted by Crippen LogP contribution is 2.14. The molecule has 1 rings (SSSR count). The van der Waals surface area contributed by atoms with Gasteiger partial charge >= 0.3 is 0 Å². The Balaban J connectivity index is 2.58. The molecule has 0 fully saturated rings. The molecular weight excluding hydrogens is 179 g/mol. The summed E-state index contributed by atoms with van der Waals surface area (Å²) in [5.74, 6) is 5.36. The first-order valence-corrected chi connectivity index (χ1v) is 4.49. The molecule has 1 aromatic heterocycles. The third kappa shape index (κ3) is 3.15. The molecule has 1 aromatic rings. The van der Waals surface area contributed by atoms with Gasteiger partial charge in [-0.05, 0) is 25.0 Å². The van der Waals surface area contributed by atoms with Gasteiger partial charge in [-0.25, -0.2) is 4.39 Å². The molecule has 0 amide bonds. The van der Waals surface area contributed by atoms with Crippen molar-refractivity contribution in [3.05, 3.63) is 29.8 Å². The van der Waals surface area contributed by atoms with Crippen LogP contribution in [0.5, 0.6) is 0 Å². The van der Waals surface area contributed by atoms with Gasteiger partial charge in [0.05, 0.1) is 6.20 Å². The van der Waals surface area contributed by atoms with E-state index in [4.69, 9.17) is 5.73 Å². The predicted octanol–water partition coefficient (Wildman–Crippen LogP) is 2.02. The average molecular weight is 192 g/mol. The smallest absolute Gasteiger partial charge is 0.141 e. The van der Waals surface area contributed by atoms with Crippen LogP contribution in [0.25, 0.3) is 0 Å². The van der Waals surface area contributed by atoms with Crippen LogP contribution in [-0.2, 0) is 0 Å². The first kappa shape index (κ1) is 10.7. The number of nitrogens with zero attached hydrogens (tertiary/aromatic N) is 1. The van der Waals surface area contributed by atoms with Gasteiger partial charge in [0.25, 0.3) is 0 Å². The molecular formula is C11H13FN2. The van der Waals surface area contributed by atoms with Crippen LogP contribution in [0.4, 0.5) is 4.39 Å². The molecule has 74 valence electrons. The van der Waals surface area contributed by atoms with Gasteiger partial charge in [-0.2, -0.15) is 0 Å². The van der Waals surface area contributed by atoms with Crippen LogP contribution < -0.4 is 5.73 Å². The number of nitrogens with two attached hydrogens (primary N) is 1. The fourth-order valence-corrected chi connectivity index (χ4v) is 1.15. The summed E-state index contributed by atoms with van der Waals surface area (Å²) in [6.07, 6.45) is 4.22. The molecule has 1 unspecified atom stereocenters. The van der Waals surface area contributed by atoms with E-state index >= 15 is 0 Å². The Morgan fingerprint density at radius 3 is 3.00 bits per heavy atom. The van der Waals surface area contributed by atoms with E-state index in [9.17, 15) is 4.39 Å². The number of pyridine rings is 1. The largest absolute Gasteiger partial charge is 0.324 e. The minimum absolute atomic E-state index is 0.181. The summed E-state index contributed by atoms with van der Waals surface area (Å²) in [5.41, 5.74) is 6.56. The van der Waals surface area contributed by atoms with E-state index in [-0.39, 0.29) is 11.9 Å². The fraction of sp³-hybridized carbons (Fsp3) is 0.364. The number of halogens is 1. The van der Waals surface area contributed by atoms with Gasteiger partial charge in [0, 0.05) is 18.7 Å². The lowest BCUT2D eigenvalue weighted by Crippen LogP contribution is -2.10. The highest BCUT2D eigenvalue weighted by Gasteiger charge is 2.05. The van der Waals surface area contributed by atoms with Crippen LogP contribution >= 0.6 is 0 Å². The molecule has 0 aromatic carbocycles. The van der Waals surface area contributed by atoms with Gasteiger partial charge < -0.3 is 5.73 Å². The van der Waals surface area contributed by atoms with Crippen LogP contribution in [0.1, 0.15) is 31.4 Å². The Bertz CT molecular complexity index is 352. The number of aromatic nitrogens is 1. The summed E-state index contributed by atoms with van der Waals surface area (Å²) in [4.78, 5) is 3.74. The zero-order valence-corrected chi connectivity index (χ0v) is 8.13. The van der Waals surface area contributed by atoms with E-state index in [1.54, 1.807) is 13.1 Å². The predicted molar refractivity (Wildman–Crippen MR) is 53.8 cm³/mol. The Hall–Kier alpha value is -1.40. The van der Waals surface area contributed by atoms with E-state index in [1.807, 2.05) is 0 Å². The quantitative estimate of drug-likeness (QED) is 0.744. The molecule has 0 saturated heterocycles.